The summed E-state index contributed by atoms with van der Waals surface area (Å²) in [6.45, 7) is 1.68. The van der Waals surface area contributed by atoms with Crippen LogP contribution < -0.4 is 10.1 Å². The molecule has 0 spiro atoms. The third-order valence-electron chi connectivity index (χ3n) is 4.45. The molecule has 1 N–H and O–H groups in total. The molecule has 30 heavy (non-hydrogen) atoms. The number of rotatable bonds is 6. The van der Waals surface area contributed by atoms with Crippen LogP contribution in [0.4, 0.5) is 0 Å². The Bertz CT molecular complexity index is 1230. The zero-order valence-corrected chi connectivity index (χ0v) is 17.0. The highest BCUT2D eigenvalue weighted by Gasteiger charge is 2.24. The van der Waals surface area contributed by atoms with Crippen LogP contribution in [0.25, 0.3) is 11.7 Å². The van der Waals surface area contributed by atoms with Crippen molar-refractivity contribution in [3.8, 4) is 5.75 Å². The van der Waals surface area contributed by atoms with Crippen molar-refractivity contribution < 1.29 is 14.1 Å². The van der Waals surface area contributed by atoms with Crippen molar-refractivity contribution in [1.82, 2.24) is 24.8 Å². The molecule has 0 saturated heterocycles. The molecule has 0 fully saturated rings. The molecule has 1 atom stereocenters. The largest absolute Gasteiger partial charge is 0.496 e. The Morgan fingerprint density at radius 3 is 2.80 bits per heavy atom. The molecule has 0 aliphatic heterocycles. The maximum atomic E-state index is 12.8. The van der Waals surface area contributed by atoms with Gasteiger partial charge in [0.1, 0.15) is 17.4 Å². The molecule has 0 radical (unpaired) electrons. The van der Waals surface area contributed by atoms with Crippen LogP contribution >= 0.6 is 11.6 Å². The second-order valence-electron chi connectivity index (χ2n) is 6.41. The average molecular weight is 424 g/mol. The number of para-hydroxylation sites is 1. The van der Waals surface area contributed by atoms with E-state index in [4.69, 9.17) is 20.9 Å². The topological polar surface area (TPSA) is 94.5 Å². The lowest BCUT2D eigenvalue weighted by Gasteiger charge is -2.17. The van der Waals surface area contributed by atoms with E-state index in [1.54, 1.807) is 30.6 Å². The van der Waals surface area contributed by atoms with Crippen LogP contribution in [-0.2, 0) is 4.79 Å². The zero-order chi connectivity index (χ0) is 21.1. The van der Waals surface area contributed by atoms with E-state index in [2.05, 4.69) is 20.4 Å². The van der Waals surface area contributed by atoms with Gasteiger partial charge in [0.2, 0.25) is 11.8 Å². The number of pyridine rings is 1. The average Bonchev–Trinajstić information content (AvgIpc) is 3.32. The maximum absolute atomic E-state index is 12.8. The number of carbonyl (C=O) groups excluding carboxylic acids is 1. The van der Waals surface area contributed by atoms with Crippen molar-refractivity contribution in [2.75, 3.05) is 7.11 Å². The van der Waals surface area contributed by atoms with Crippen LogP contribution in [-0.4, -0.2) is 32.5 Å². The molecule has 9 heteroatoms. The number of imidazole rings is 1. The van der Waals surface area contributed by atoms with E-state index in [-0.39, 0.29) is 5.91 Å². The first-order valence-corrected chi connectivity index (χ1v) is 9.49. The Morgan fingerprint density at radius 1 is 1.23 bits per heavy atom. The first-order valence-electron chi connectivity index (χ1n) is 9.11. The maximum Gasteiger partial charge on any atom is 0.244 e. The molecule has 8 nitrogen and oxygen atoms in total. The van der Waals surface area contributed by atoms with Gasteiger partial charge < -0.3 is 14.6 Å². The normalized spacial score (nSPS) is 12.4. The summed E-state index contributed by atoms with van der Waals surface area (Å²) in [5.74, 6) is 0.952. The van der Waals surface area contributed by atoms with Gasteiger partial charge in [0.25, 0.3) is 0 Å². The molecule has 0 aliphatic rings. The van der Waals surface area contributed by atoms with Crippen molar-refractivity contribution in [2.45, 2.75) is 13.0 Å². The van der Waals surface area contributed by atoms with Gasteiger partial charge in [-0.25, -0.2) is 4.98 Å². The predicted octanol–water partition coefficient (Wildman–Crippen LogP) is 3.61. The van der Waals surface area contributed by atoms with E-state index in [0.717, 1.165) is 0 Å². The van der Waals surface area contributed by atoms with Crippen LogP contribution in [0.2, 0.25) is 5.15 Å². The number of benzene rings is 1. The number of aromatic nitrogens is 4. The lowest BCUT2D eigenvalue weighted by molar-refractivity contribution is -0.117. The number of halogens is 1. The fraction of sp³-hybridized carbons (Fsp3) is 0.143. The minimum absolute atomic E-state index is 0.306. The third-order valence-corrected chi connectivity index (χ3v) is 4.73. The SMILES string of the molecule is COc1ccccc1C(NC(=O)C=Cc1c(Cl)nc2ccccn12)c1noc(C)n1. The Labute approximate surface area is 177 Å². The lowest BCUT2D eigenvalue weighted by atomic mass is 10.0. The highest BCUT2D eigenvalue weighted by molar-refractivity contribution is 6.31. The highest BCUT2D eigenvalue weighted by atomic mass is 35.5. The van der Waals surface area contributed by atoms with E-state index in [0.29, 0.717) is 39.5 Å². The van der Waals surface area contributed by atoms with Crippen molar-refractivity contribution in [1.29, 1.82) is 0 Å². The van der Waals surface area contributed by atoms with Gasteiger partial charge >= 0.3 is 0 Å². The number of ether oxygens (including phenoxy) is 1. The van der Waals surface area contributed by atoms with E-state index < -0.39 is 6.04 Å². The summed E-state index contributed by atoms with van der Waals surface area (Å²) in [5.41, 5.74) is 2.00. The molecule has 4 aromatic rings. The summed E-state index contributed by atoms with van der Waals surface area (Å²) in [7, 11) is 1.56. The number of carbonyl (C=O) groups is 1. The molecule has 1 unspecified atom stereocenters. The second kappa shape index (κ2) is 8.38. The summed E-state index contributed by atoms with van der Waals surface area (Å²) in [4.78, 5) is 21.3. The standard InChI is InChI=1S/C21H18ClN5O3/c1-13-23-21(26-30-13)19(14-7-3-4-8-16(14)29-2)25-18(28)11-10-15-20(22)24-17-9-5-6-12-27(15)17/h3-12,19H,1-2H3,(H,25,28). The summed E-state index contributed by atoms with van der Waals surface area (Å²) in [6, 6.07) is 12.2. The number of amides is 1. The molecule has 1 amide bonds. The smallest absolute Gasteiger partial charge is 0.244 e. The Balaban J connectivity index is 1.63. The number of nitrogens with one attached hydrogen (secondary N) is 1. The van der Waals surface area contributed by atoms with Crippen LogP contribution in [0.15, 0.2) is 59.3 Å². The van der Waals surface area contributed by atoms with Gasteiger partial charge in [0, 0.05) is 24.8 Å². The van der Waals surface area contributed by atoms with E-state index >= 15 is 0 Å². The Morgan fingerprint density at radius 2 is 2.03 bits per heavy atom. The van der Waals surface area contributed by atoms with Gasteiger partial charge in [0.05, 0.1) is 12.8 Å². The van der Waals surface area contributed by atoms with Gasteiger partial charge in [-0.05, 0) is 24.3 Å². The van der Waals surface area contributed by atoms with Crippen LogP contribution in [0.1, 0.15) is 29.0 Å². The fourth-order valence-electron chi connectivity index (χ4n) is 3.10. The summed E-state index contributed by atoms with van der Waals surface area (Å²) in [6.07, 6.45) is 4.82. The first-order chi connectivity index (χ1) is 14.6. The van der Waals surface area contributed by atoms with E-state index in [1.165, 1.54) is 6.08 Å². The molecule has 152 valence electrons. The summed E-state index contributed by atoms with van der Waals surface area (Å²) >= 11 is 6.23. The first kappa shape index (κ1) is 19.7. The summed E-state index contributed by atoms with van der Waals surface area (Å²) < 4.78 is 12.3. The molecular weight excluding hydrogens is 406 g/mol. The van der Waals surface area contributed by atoms with Crippen molar-refractivity contribution in [2.24, 2.45) is 0 Å². The molecule has 3 heterocycles. The molecule has 0 saturated carbocycles. The zero-order valence-electron chi connectivity index (χ0n) is 16.2. The number of methoxy groups -OCH3 is 1. The fourth-order valence-corrected chi connectivity index (χ4v) is 3.34. The number of hydrogen-bond acceptors (Lipinski definition) is 6. The number of nitrogens with zero attached hydrogens (tertiary/aromatic N) is 4. The molecule has 1 aromatic carbocycles. The molecule has 3 aromatic heterocycles. The van der Waals surface area contributed by atoms with Gasteiger partial charge in [-0.15, -0.1) is 0 Å². The van der Waals surface area contributed by atoms with Gasteiger partial charge in [-0.1, -0.05) is 41.0 Å². The highest BCUT2D eigenvalue weighted by Crippen LogP contribution is 2.28. The van der Waals surface area contributed by atoms with Crippen molar-refractivity contribution >= 4 is 29.2 Å². The van der Waals surface area contributed by atoms with Crippen LogP contribution in [0.5, 0.6) is 5.75 Å². The van der Waals surface area contributed by atoms with E-state index in [1.807, 2.05) is 42.6 Å². The number of fused-ring (bicyclic) bond motifs is 1. The Hall–Kier alpha value is -3.65. The van der Waals surface area contributed by atoms with Gasteiger partial charge in [-0.2, -0.15) is 4.98 Å². The molecule has 0 bridgehead atoms. The van der Waals surface area contributed by atoms with Crippen molar-refractivity contribution in [3.05, 3.63) is 82.9 Å². The van der Waals surface area contributed by atoms with Crippen molar-refractivity contribution in [3.63, 3.8) is 0 Å². The van der Waals surface area contributed by atoms with Crippen LogP contribution in [0.3, 0.4) is 0 Å². The minimum atomic E-state index is -0.659. The lowest BCUT2D eigenvalue weighted by Crippen LogP contribution is -2.29. The third kappa shape index (κ3) is 3.90. The van der Waals surface area contributed by atoms with Crippen LogP contribution in [0, 0.1) is 6.92 Å². The molecule has 4 rings (SSSR count). The minimum Gasteiger partial charge on any atom is -0.496 e. The second-order valence-corrected chi connectivity index (χ2v) is 6.76. The summed E-state index contributed by atoms with van der Waals surface area (Å²) in [5, 5.41) is 7.18. The van der Waals surface area contributed by atoms with E-state index in [9.17, 15) is 4.79 Å². The number of aryl methyl sites for hydroxylation is 1. The molecule has 0 aliphatic carbocycles. The predicted molar refractivity (Wildman–Crippen MR) is 111 cm³/mol. The number of hydrogen-bond donors (Lipinski definition) is 1. The quantitative estimate of drug-likeness (QED) is 0.476. The Kier molecular flexibility index (Phi) is 5.49. The monoisotopic (exact) mass is 423 g/mol. The molecular formula is C21H18ClN5O3. The van der Waals surface area contributed by atoms with Gasteiger partial charge in [0.15, 0.2) is 11.0 Å². The van der Waals surface area contributed by atoms with Gasteiger partial charge in [-0.3, -0.25) is 9.20 Å².